The highest BCUT2D eigenvalue weighted by Crippen LogP contribution is 2.23. The van der Waals surface area contributed by atoms with Crippen molar-refractivity contribution in [2.24, 2.45) is 0 Å². The Hall–Kier alpha value is -2.59. The summed E-state index contributed by atoms with van der Waals surface area (Å²) in [6, 6.07) is 28.1. The molecule has 1 atom stereocenters. The molecule has 0 aromatic heterocycles. The van der Waals surface area contributed by atoms with E-state index in [2.05, 4.69) is 12.1 Å². The van der Waals surface area contributed by atoms with E-state index in [0.717, 1.165) is 41.5 Å². The maximum Gasteiger partial charge on any atom is 0.267 e. The first kappa shape index (κ1) is 22.1. The molecule has 0 unspecified atom stereocenters. The lowest BCUT2D eigenvalue weighted by atomic mass is 10.1. The Balaban J connectivity index is 1.46. The number of halogens is 2. The van der Waals surface area contributed by atoms with Crippen molar-refractivity contribution < 1.29 is 13.5 Å². The smallest absolute Gasteiger partial charge is 0.267 e. The molecule has 4 heteroatoms. The van der Waals surface area contributed by atoms with Crippen LogP contribution in [0.5, 0.6) is 5.75 Å². The van der Waals surface area contributed by atoms with E-state index in [1.54, 1.807) is 11.8 Å². The molecule has 3 rings (SSSR count). The second kappa shape index (κ2) is 12.2. The zero-order valence-electron chi connectivity index (χ0n) is 16.8. The lowest BCUT2D eigenvalue weighted by molar-refractivity contribution is 0.306. The fraction of sp³-hybridized carbons (Fsp3) is 0.231. The number of rotatable bonds is 11. The molecule has 0 saturated heterocycles. The van der Waals surface area contributed by atoms with Crippen molar-refractivity contribution >= 4 is 11.8 Å². The minimum atomic E-state index is -1.60. The summed E-state index contributed by atoms with van der Waals surface area (Å²) >= 11 is 1.59. The molecular weight excluding hydrogens is 398 g/mol. The summed E-state index contributed by atoms with van der Waals surface area (Å²) in [6.45, 7) is 0.529. The van der Waals surface area contributed by atoms with Gasteiger partial charge in [-0.15, -0.1) is 0 Å². The second-order valence-corrected chi connectivity index (χ2v) is 8.41. The number of hydrogen-bond acceptors (Lipinski definition) is 2. The molecular formula is C26H26F2OS. The lowest BCUT2D eigenvalue weighted by Gasteiger charge is -2.13. The van der Waals surface area contributed by atoms with Gasteiger partial charge >= 0.3 is 0 Å². The molecule has 0 radical (unpaired) electrons. The number of ether oxygens (including phenoxy) is 1. The van der Waals surface area contributed by atoms with Crippen LogP contribution in [-0.4, -0.2) is 11.0 Å². The van der Waals surface area contributed by atoms with Gasteiger partial charge in [0.1, 0.15) is 12.4 Å². The molecule has 0 aliphatic carbocycles. The van der Waals surface area contributed by atoms with E-state index in [1.807, 2.05) is 72.8 Å². The van der Waals surface area contributed by atoms with E-state index in [-0.39, 0.29) is 5.25 Å². The maximum atomic E-state index is 12.9. The van der Waals surface area contributed by atoms with Crippen LogP contribution in [0, 0.1) is 0 Å². The quantitative estimate of drug-likeness (QED) is 0.319. The van der Waals surface area contributed by atoms with Crippen molar-refractivity contribution in [2.45, 2.75) is 31.1 Å². The maximum absolute atomic E-state index is 12.9. The van der Waals surface area contributed by atoms with Gasteiger partial charge in [0.15, 0.2) is 0 Å². The average Bonchev–Trinajstić information content (AvgIpc) is 2.78. The molecule has 3 aromatic carbocycles. The molecule has 0 aliphatic rings. The summed E-state index contributed by atoms with van der Waals surface area (Å²) in [5, 5.41) is -0.187. The minimum absolute atomic E-state index is 0.187. The fourth-order valence-electron chi connectivity index (χ4n) is 3.13. The van der Waals surface area contributed by atoms with Gasteiger partial charge in [0.2, 0.25) is 0 Å². The van der Waals surface area contributed by atoms with Crippen LogP contribution in [0.1, 0.15) is 23.1 Å². The molecule has 0 aliphatic heterocycles. The SMILES string of the molecule is FC(F)=C[C@@H](CCc1ccc(OCc2ccccc2)cc1)SCCc1ccccc1. The molecule has 0 saturated carbocycles. The predicted molar refractivity (Wildman–Crippen MR) is 122 cm³/mol. The molecule has 0 N–H and O–H groups in total. The lowest BCUT2D eigenvalue weighted by Crippen LogP contribution is -2.04. The first-order valence-electron chi connectivity index (χ1n) is 10.1. The van der Waals surface area contributed by atoms with Gasteiger partial charge in [-0.1, -0.05) is 72.8 Å². The van der Waals surface area contributed by atoms with Gasteiger partial charge in [-0.25, -0.2) is 0 Å². The molecule has 0 spiro atoms. The Morgan fingerprint density at radius 2 is 1.37 bits per heavy atom. The second-order valence-electron chi connectivity index (χ2n) is 7.06. The van der Waals surface area contributed by atoms with E-state index < -0.39 is 6.08 Å². The van der Waals surface area contributed by atoms with E-state index in [1.165, 1.54) is 5.56 Å². The first-order valence-corrected chi connectivity index (χ1v) is 11.2. The number of aryl methyl sites for hydroxylation is 2. The summed E-state index contributed by atoms with van der Waals surface area (Å²) in [5.74, 6) is 1.64. The molecule has 30 heavy (non-hydrogen) atoms. The average molecular weight is 425 g/mol. The van der Waals surface area contributed by atoms with Crippen molar-refractivity contribution in [3.63, 3.8) is 0 Å². The van der Waals surface area contributed by atoms with Gasteiger partial charge in [-0.05, 0) is 59.9 Å². The summed E-state index contributed by atoms with van der Waals surface area (Å²) in [7, 11) is 0. The number of thioether (sulfide) groups is 1. The van der Waals surface area contributed by atoms with Crippen LogP contribution in [0.25, 0.3) is 0 Å². The topological polar surface area (TPSA) is 9.23 Å². The number of benzene rings is 3. The summed E-state index contributed by atoms with van der Waals surface area (Å²) in [5.41, 5.74) is 3.49. The molecule has 0 amide bonds. The highest BCUT2D eigenvalue weighted by molar-refractivity contribution is 8.00. The molecule has 0 heterocycles. The third-order valence-electron chi connectivity index (χ3n) is 4.77. The third-order valence-corrected chi connectivity index (χ3v) is 6.01. The fourth-order valence-corrected chi connectivity index (χ4v) is 4.27. The van der Waals surface area contributed by atoms with Crippen LogP contribution < -0.4 is 4.74 Å². The van der Waals surface area contributed by atoms with Gasteiger partial charge < -0.3 is 4.74 Å². The monoisotopic (exact) mass is 424 g/mol. The Kier molecular flexibility index (Phi) is 8.98. The van der Waals surface area contributed by atoms with Gasteiger partial charge in [0, 0.05) is 5.25 Å². The molecule has 3 aromatic rings. The van der Waals surface area contributed by atoms with E-state index in [0.29, 0.717) is 13.0 Å². The predicted octanol–water partition coefficient (Wildman–Crippen LogP) is 7.32. The minimum Gasteiger partial charge on any atom is -0.489 e. The van der Waals surface area contributed by atoms with Crippen molar-refractivity contribution in [3.05, 3.63) is 114 Å². The molecule has 1 nitrogen and oxygen atoms in total. The van der Waals surface area contributed by atoms with Crippen molar-refractivity contribution in [1.29, 1.82) is 0 Å². The third kappa shape index (κ3) is 8.03. The highest BCUT2D eigenvalue weighted by atomic mass is 32.2. The van der Waals surface area contributed by atoms with Gasteiger partial charge in [0.05, 0.1) is 0 Å². The van der Waals surface area contributed by atoms with Crippen LogP contribution in [0.15, 0.2) is 97.1 Å². The zero-order chi connectivity index (χ0) is 21.0. The Morgan fingerprint density at radius 3 is 2.00 bits per heavy atom. The molecule has 156 valence electrons. The standard InChI is InChI=1S/C26H26F2OS/c27-26(28)19-25(30-18-17-21-7-3-1-4-8-21)16-13-22-11-14-24(15-12-22)29-20-23-9-5-2-6-10-23/h1-12,14-15,19,25H,13,16-18,20H2/t25-/m1/s1. The zero-order valence-corrected chi connectivity index (χ0v) is 17.7. The summed E-state index contributed by atoms with van der Waals surface area (Å²) in [6.07, 6.45) is 1.81. The van der Waals surface area contributed by atoms with Crippen LogP contribution in [-0.2, 0) is 19.4 Å². The highest BCUT2D eigenvalue weighted by Gasteiger charge is 2.09. The van der Waals surface area contributed by atoms with Crippen molar-refractivity contribution in [2.75, 3.05) is 5.75 Å². The largest absolute Gasteiger partial charge is 0.489 e. The van der Waals surface area contributed by atoms with Gasteiger partial charge in [0.25, 0.3) is 6.08 Å². The van der Waals surface area contributed by atoms with Crippen molar-refractivity contribution in [3.8, 4) is 5.75 Å². The summed E-state index contributed by atoms with van der Waals surface area (Å²) < 4.78 is 31.5. The van der Waals surface area contributed by atoms with Gasteiger partial charge in [-0.2, -0.15) is 20.5 Å². The summed E-state index contributed by atoms with van der Waals surface area (Å²) in [4.78, 5) is 0. The molecule has 0 fully saturated rings. The van der Waals surface area contributed by atoms with Gasteiger partial charge in [-0.3, -0.25) is 0 Å². The molecule has 0 bridgehead atoms. The first-order chi connectivity index (χ1) is 14.7. The van der Waals surface area contributed by atoms with Crippen LogP contribution >= 0.6 is 11.8 Å². The Labute approximate surface area is 181 Å². The Morgan fingerprint density at radius 1 is 0.767 bits per heavy atom. The Bertz CT molecular complexity index is 891. The van der Waals surface area contributed by atoms with E-state index in [9.17, 15) is 8.78 Å². The van der Waals surface area contributed by atoms with Crippen molar-refractivity contribution in [1.82, 2.24) is 0 Å². The van der Waals surface area contributed by atoms with Crippen LogP contribution in [0.3, 0.4) is 0 Å². The normalized spacial score (nSPS) is 11.7. The van der Waals surface area contributed by atoms with Crippen LogP contribution in [0.2, 0.25) is 0 Å². The van der Waals surface area contributed by atoms with E-state index in [4.69, 9.17) is 4.74 Å². The van der Waals surface area contributed by atoms with Crippen LogP contribution in [0.4, 0.5) is 8.78 Å². The number of hydrogen-bond donors (Lipinski definition) is 0. The van der Waals surface area contributed by atoms with E-state index >= 15 is 0 Å².